The molecular formula is C16H16BrN3O4. The number of carboxylic acid groups (broad SMARTS) is 1. The van der Waals surface area contributed by atoms with Crippen molar-refractivity contribution in [1.29, 1.82) is 0 Å². The van der Waals surface area contributed by atoms with Crippen LogP contribution in [0, 0.1) is 5.41 Å². The Hall–Kier alpha value is -2.22. The zero-order valence-electron chi connectivity index (χ0n) is 13.0. The van der Waals surface area contributed by atoms with Crippen molar-refractivity contribution >= 4 is 27.8 Å². The molecule has 126 valence electrons. The van der Waals surface area contributed by atoms with Crippen molar-refractivity contribution in [2.75, 3.05) is 0 Å². The predicted molar refractivity (Wildman–Crippen MR) is 87.9 cm³/mol. The molecule has 1 unspecified atom stereocenters. The number of carbonyl (C=O) groups is 2. The average Bonchev–Trinajstić information content (AvgIpc) is 2.96. The Morgan fingerprint density at radius 3 is 2.54 bits per heavy atom. The van der Waals surface area contributed by atoms with E-state index in [1.807, 2.05) is 24.3 Å². The molecule has 1 atom stereocenters. The standard InChI is InChI=1S/C16H16BrN3O4/c1-9(18-14(21)16(15(22)23)7-2-8-16)13-19-12(20-24-13)10-3-5-11(17)6-4-10/h3-6,9H,2,7-8H2,1H3,(H,18,21)(H,22,23). The average molecular weight is 394 g/mol. The highest BCUT2D eigenvalue weighted by Crippen LogP contribution is 2.41. The van der Waals surface area contributed by atoms with Crippen LogP contribution >= 0.6 is 15.9 Å². The molecular weight excluding hydrogens is 378 g/mol. The molecule has 1 aromatic carbocycles. The van der Waals surface area contributed by atoms with Crippen molar-refractivity contribution in [2.24, 2.45) is 5.41 Å². The highest BCUT2D eigenvalue weighted by molar-refractivity contribution is 9.10. The van der Waals surface area contributed by atoms with Gasteiger partial charge in [0.25, 0.3) is 0 Å². The molecule has 24 heavy (non-hydrogen) atoms. The highest BCUT2D eigenvalue weighted by atomic mass is 79.9. The Bertz CT molecular complexity index is 768. The van der Waals surface area contributed by atoms with Gasteiger partial charge in [0.05, 0.1) is 0 Å². The van der Waals surface area contributed by atoms with Crippen LogP contribution < -0.4 is 5.32 Å². The van der Waals surface area contributed by atoms with Crippen molar-refractivity contribution in [3.63, 3.8) is 0 Å². The number of nitrogens with zero attached hydrogens (tertiary/aromatic N) is 2. The smallest absolute Gasteiger partial charge is 0.319 e. The van der Waals surface area contributed by atoms with Gasteiger partial charge in [-0.05, 0) is 44.0 Å². The minimum absolute atomic E-state index is 0.237. The summed E-state index contributed by atoms with van der Waals surface area (Å²) < 4.78 is 6.14. The minimum Gasteiger partial charge on any atom is -0.480 e. The maximum absolute atomic E-state index is 12.3. The highest BCUT2D eigenvalue weighted by Gasteiger charge is 2.51. The number of hydrogen-bond donors (Lipinski definition) is 2. The number of nitrogens with one attached hydrogen (secondary N) is 1. The van der Waals surface area contributed by atoms with Gasteiger partial charge in [-0.3, -0.25) is 9.59 Å². The number of benzene rings is 1. The Morgan fingerprint density at radius 2 is 2.00 bits per heavy atom. The quantitative estimate of drug-likeness (QED) is 0.756. The molecule has 1 heterocycles. The van der Waals surface area contributed by atoms with E-state index in [9.17, 15) is 14.7 Å². The number of hydrogen-bond acceptors (Lipinski definition) is 5. The predicted octanol–water partition coefficient (Wildman–Crippen LogP) is 2.93. The first-order valence-corrected chi connectivity index (χ1v) is 8.35. The summed E-state index contributed by atoms with van der Waals surface area (Å²) in [6.45, 7) is 1.69. The van der Waals surface area contributed by atoms with Crippen LogP contribution in [-0.2, 0) is 9.59 Å². The second-order valence-corrected chi connectivity index (χ2v) is 6.81. The molecule has 1 fully saturated rings. The molecule has 0 bridgehead atoms. The number of carboxylic acids is 1. The molecule has 8 heteroatoms. The van der Waals surface area contributed by atoms with Gasteiger partial charge >= 0.3 is 5.97 Å². The van der Waals surface area contributed by atoms with Crippen LogP contribution in [0.3, 0.4) is 0 Å². The van der Waals surface area contributed by atoms with E-state index in [1.165, 1.54) is 0 Å². The summed E-state index contributed by atoms with van der Waals surface area (Å²) in [7, 11) is 0. The second kappa shape index (κ2) is 6.35. The van der Waals surface area contributed by atoms with E-state index in [2.05, 4.69) is 31.4 Å². The number of aliphatic carboxylic acids is 1. The zero-order chi connectivity index (χ0) is 17.3. The van der Waals surface area contributed by atoms with Crippen molar-refractivity contribution < 1.29 is 19.2 Å². The maximum Gasteiger partial charge on any atom is 0.319 e. The van der Waals surface area contributed by atoms with Crippen LogP contribution in [0.5, 0.6) is 0 Å². The van der Waals surface area contributed by atoms with E-state index in [0.717, 1.165) is 16.5 Å². The number of amides is 1. The number of rotatable bonds is 5. The molecule has 0 saturated heterocycles. The van der Waals surface area contributed by atoms with Crippen LogP contribution in [-0.4, -0.2) is 27.1 Å². The zero-order valence-corrected chi connectivity index (χ0v) is 14.5. The monoisotopic (exact) mass is 393 g/mol. The number of carbonyl (C=O) groups excluding carboxylic acids is 1. The first-order valence-electron chi connectivity index (χ1n) is 7.56. The Labute approximate surface area is 146 Å². The Kier molecular flexibility index (Phi) is 4.40. The molecule has 2 N–H and O–H groups in total. The third-order valence-corrected chi connectivity index (χ3v) is 4.84. The van der Waals surface area contributed by atoms with Crippen LogP contribution in [0.4, 0.5) is 0 Å². The fraction of sp³-hybridized carbons (Fsp3) is 0.375. The molecule has 7 nitrogen and oxygen atoms in total. The summed E-state index contributed by atoms with van der Waals surface area (Å²) in [4.78, 5) is 27.9. The van der Waals surface area contributed by atoms with E-state index in [4.69, 9.17) is 4.52 Å². The fourth-order valence-electron chi connectivity index (χ4n) is 2.59. The molecule has 0 radical (unpaired) electrons. The van der Waals surface area contributed by atoms with Crippen molar-refractivity contribution in [3.8, 4) is 11.4 Å². The van der Waals surface area contributed by atoms with Crippen LogP contribution in [0.15, 0.2) is 33.3 Å². The molecule has 1 aliphatic rings. The number of halogens is 1. The summed E-state index contributed by atoms with van der Waals surface area (Å²) in [6.07, 6.45) is 1.45. The van der Waals surface area contributed by atoms with Gasteiger partial charge in [-0.25, -0.2) is 0 Å². The molecule has 0 spiro atoms. The summed E-state index contributed by atoms with van der Waals surface area (Å²) in [5.41, 5.74) is -0.532. The lowest BCUT2D eigenvalue weighted by molar-refractivity contribution is -0.162. The lowest BCUT2D eigenvalue weighted by atomic mass is 9.68. The molecule has 1 aromatic heterocycles. The van der Waals surface area contributed by atoms with Gasteiger partial charge in [0.15, 0.2) is 0 Å². The van der Waals surface area contributed by atoms with Crippen molar-refractivity contribution in [3.05, 3.63) is 34.6 Å². The lowest BCUT2D eigenvalue weighted by Gasteiger charge is -2.36. The van der Waals surface area contributed by atoms with E-state index in [0.29, 0.717) is 18.7 Å². The van der Waals surface area contributed by atoms with Gasteiger partial charge in [0.2, 0.25) is 17.6 Å². The third-order valence-electron chi connectivity index (χ3n) is 4.31. The maximum atomic E-state index is 12.3. The summed E-state index contributed by atoms with van der Waals surface area (Å²) in [6, 6.07) is 6.85. The second-order valence-electron chi connectivity index (χ2n) is 5.90. The Balaban J connectivity index is 1.72. The van der Waals surface area contributed by atoms with Gasteiger partial charge in [0, 0.05) is 10.0 Å². The normalized spacial score (nSPS) is 16.9. The third kappa shape index (κ3) is 2.93. The molecule has 3 rings (SSSR count). The molecule has 1 saturated carbocycles. The largest absolute Gasteiger partial charge is 0.480 e. The van der Waals surface area contributed by atoms with Gasteiger partial charge < -0.3 is 14.9 Å². The molecule has 0 aliphatic heterocycles. The van der Waals surface area contributed by atoms with Crippen LogP contribution in [0.25, 0.3) is 11.4 Å². The van der Waals surface area contributed by atoms with Crippen LogP contribution in [0.2, 0.25) is 0 Å². The van der Waals surface area contributed by atoms with Gasteiger partial charge in [-0.1, -0.05) is 27.5 Å². The van der Waals surface area contributed by atoms with E-state index in [1.54, 1.807) is 6.92 Å². The first-order chi connectivity index (χ1) is 11.4. The van der Waals surface area contributed by atoms with Gasteiger partial charge in [-0.15, -0.1) is 0 Å². The van der Waals surface area contributed by atoms with Crippen molar-refractivity contribution in [1.82, 2.24) is 15.5 Å². The minimum atomic E-state index is -1.32. The SMILES string of the molecule is CC(NC(=O)C1(C(=O)O)CCC1)c1nc(-c2ccc(Br)cc2)no1. The fourth-order valence-corrected chi connectivity index (χ4v) is 2.86. The molecule has 1 amide bonds. The summed E-state index contributed by atoms with van der Waals surface area (Å²) >= 11 is 3.36. The topological polar surface area (TPSA) is 105 Å². The molecule has 1 aliphatic carbocycles. The van der Waals surface area contributed by atoms with Gasteiger partial charge in [0.1, 0.15) is 11.5 Å². The van der Waals surface area contributed by atoms with Crippen LogP contribution in [0.1, 0.15) is 38.1 Å². The van der Waals surface area contributed by atoms with E-state index >= 15 is 0 Å². The van der Waals surface area contributed by atoms with Gasteiger partial charge in [-0.2, -0.15) is 4.98 Å². The summed E-state index contributed by atoms with van der Waals surface area (Å²) in [5, 5.41) is 15.9. The first kappa shape index (κ1) is 16.6. The number of aromatic nitrogens is 2. The van der Waals surface area contributed by atoms with E-state index in [-0.39, 0.29) is 5.89 Å². The Morgan fingerprint density at radius 1 is 1.33 bits per heavy atom. The lowest BCUT2D eigenvalue weighted by Crippen LogP contribution is -2.51. The summed E-state index contributed by atoms with van der Waals surface area (Å²) in [5.74, 6) is -0.937. The van der Waals surface area contributed by atoms with Crippen molar-refractivity contribution in [2.45, 2.75) is 32.2 Å². The molecule has 2 aromatic rings. The van der Waals surface area contributed by atoms with E-state index < -0.39 is 23.3 Å².